The van der Waals surface area contributed by atoms with E-state index in [0.717, 1.165) is 20.3 Å². The lowest BCUT2D eigenvalue weighted by Gasteiger charge is -2.11. The maximum absolute atomic E-state index is 14.3. The first-order valence-electron chi connectivity index (χ1n) is 10.8. The van der Waals surface area contributed by atoms with E-state index in [4.69, 9.17) is 4.74 Å². The summed E-state index contributed by atoms with van der Waals surface area (Å²) < 4.78 is 34.1. The molecule has 2 heterocycles. The van der Waals surface area contributed by atoms with Gasteiger partial charge in [-0.2, -0.15) is 0 Å². The average Bonchev–Trinajstić information content (AvgIpc) is 3.27. The fourth-order valence-corrected chi connectivity index (χ4v) is 4.71. The lowest BCUT2D eigenvalue weighted by Crippen LogP contribution is -2.25. The van der Waals surface area contributed by atoms with Crippen LogP contribution in [0.25, 0.3) is 0 Å². The van der Waals surface area contributed by atoms with Crippen LogP contribution in [0.15, 0.2) is 70.5 Å². The molecule has 0 spiro atoms. The number of nitrogens with zero attached hydrogens (tertiary/aromatic N) is 1. The second-order valence-corrected chi connectivity index (χ2v) is 10.4. The largest absolute Gasteiger partial charge is 0.439 e. The minimum Gasteiger partial charge on any atom is -0.439 e. The average molecular weight is 572 g/mol. The van der Waals surface area contributed by atoms with E-state index in [0.29, 0.717) is 23.4 Å². The molecule has 0 bridgehead atoms. The molecule has 0 radical (unpaired) electrons. The van der Waals surface area contributed by atoms with Gasteiger partial charge in [0.2, 0.25) is 5.88 Å². The highest BCUT2D eigenvalue weighted by molar-refractivity contribution is 9.11. The maximum atomic E-state index is 14.3. The smallest absolute Gasteiger partial charge is 0.273 e. The van der Waals surface area contributed by atoms with Crippen LogP contribution in [0.4, 0.5) is 8.78 Å². The molecular formula is C26H20BrF2N3O3S. The van der Waals surface area contributed by atoms with Gasteiger partial charge in [-0.3, -0.25) is 9.59 Å². The van der Waals surface area contributed by atoms with Gasteiger partial charge < -0.3 is 15.4 Å². The third-order valence-corrected chi connectivity index (χ3v) is 6.61. The Kier molecular flexibility index (Phi) is 8.07. The summed E-state index contributed by atoms with van der Waals surface area (Å²) in [6.45, 7) is 2.27. The topological polar surface area (TPSA) is 80.3 Å². The molecule has 6 nitrogen and oxygen atoms in total. The first-order chi connectivity index (χ1) is 17.3. The van der Waals surface area contributed by atoms with Crippen LogP contribution in [0.3, 0.4) is 0 Å². The van der Waals surface area contributed by atoms with E-state index in [9.17, 15) is 18.4 Å². The number of amides is 2. The van der Waals surface area contributed by atoms with Gasteiger partial charge in [-0.1, -0.05) is 12.1 Å². The second-order valence-electron chi connectivity index (χ2n) is 7.81. The molecule has 184 valence electrons. The number of aromatic nitrogens is 1. The van der Waals surface area contributed by atoms with Gasteiger partial charge in [-0.05, 0) is 82.5 Å². The number of carbonyl (C=O) groups is 2. The number of benzene rings is 2. The molecule has 0 saturated carbocycles. The van der Waals surface area contributed by atoms with Gasteiger partial charge in [0.1, 0.15) is 11.6 Å². The van der Waals surface area contributed by atoms with Gasteiger partial charge >= 0.3 is 0 Å². The summed E-state index contributed by atoms with van der Waals surface area (Å²) in [7, 11) is 0. The number of rotatable bonds is 8. The van der Waals surface area contributed by atoms with E-state index >= 15 is 0 Å². The van der Waals surface area contributed by atoms with Crippen LogP contribution < -0.4 is 15.4 Å². The van der Waals surface area contributed by atoms with Crippen LogP contribution in [-0.4, -0.2) is 16.8 Å². The normalized spacial score (nSPS) is 10.7. The van der Waals surface area contributed by atoms with Crippen molar-refractivity contribution >= 4 is 39.1 Å². The molecule has 4 aromatic rings. The molecule has 2 aromatic carbocycles. The number of hydrogen-bond acceptors (Lipinski definition) is 5. The number of thiophene rings is 1. The van der Waals surface area contributed by atoms with Crippen LogP contribution in [0.5, 0.6) is 11.6 Å². The Labute approximate surface area is 218 Å². The van der Waals surface area contributed by atoms with Gasteiger partial charge in [-0.15, -0.1) is 11.3 Å². The maximum Gasteiger partial charge on any atom is 0.273 e. The lowest BCUT2D eigenvalue weighted by molar-refractivity contribution is 0.0936. The molecule has 0 saturated heterocycles. The monoisotopic (exact) mass is 571 g/mol. The fraction of sp³-hybridized carbons (Fsp3) is 0.115. The molecule has 0 atom stereocenters. The molecule has 0 unspecified atom stereocenters. The van der Waals surface area contributed by atoms with Crippen molar-refractivity contribution in [2.24, 2.45) is 0 Å². The summed E-state index contributed by atoms with van der Waals surface area (Å²) >= 11 is 4.93. The van der Waals surface area contributed by atoms with E-state index in [1.54, 1.807) is 18.2 Å². The lowest BCUT2D eigenvalue weighted by atomic mass is 10.1. The predicted molar refractivity (Wildman–Crippen MR) is 136 cm³/mol. The van der Waals surface area contributed by atoms with Crippen molar-refractivity contribution in [2.75, 3.05) is 0 Å². The first-order valence-corrected chi connectivity index (χ1v) is 12.4. The van der Waals surface area contributed by atoms with Crippen molar-refractivity contribution in [3.63, 3.8) is 0 Å². The summed E-state index contributed by atoms with van der Waals surface area (Å²) in [6, 6.07) is 16.8. The molecular weight excluding hydrogens is 552 g/mol. The van der Waals surface area contributed by atoms with Crippen LogP contribution in [0.1, 0.15) is 36.9 Å². The Morgan fingerprint density at radius 3 is 2.42 bits per heavy atom. The van der Waals surface area contributed by atoms with Gasteiger partial charge in [0.15, 0.2) is 11.5 Å². The molecule has 0 aliphatic heterocycles. The van der Waals surface area contributed by atoms with Crippen LogP contribution in [-0.2, 0) is 13.1 Å². The number of nitrogens with one attached hydrogen (secondary N) is 2. The van der Waals surface area contributed by atoms with E-state index in [1.165, 1.54) is 41.7 Å². The van der Waals surface area contributed by atoms with Crippen molar-refractivity contribution in [2.45, 2.75) is 20.0 Å². The van der Waals surface area contributed by atoms with Crippen molar-refractivity contribution in [1.82, 2.24) is 15.6 Å². The number of ether oxygens (including phenoxy) is 1. The highest BCUT2D eigenvalue weighted by atomic mass is 79.9. The van der Waals surface area contributed by atoms with Crippen molar-refractivity contribution in [3.05, 3.63) is 109 Å². The molecule has 36 heavy (non-hydrogen) atoms. The third-order valence-electron chi connectivity index (χ3n) is 4.99. The van der Waals surface area contributed by atoms with E-state index < -0.39 is 23.2 Å². The Morgan fingerprint density at radius 1 is 0.944 bits per heavy atom. The zero-order chi connectivity index (χ0) is 25.7. The first kappa shape index (κ1) is 25.5. The highest BCUT2D eigenvalue weighted by Crippen LogP contribution is 2.25. The van der Waals surface area contributed by atoms with Gasteiger partial charge in [-0.25, -0.2) is 13.8 Å². The van der Waals surface area contributed by atoms with Crippen LogP contribution in [0, 0.1) is 18.6 Å². The Morgan fingerprint density at radius 2 is 1.69 bits per heavy atom. The molecule has 2 amide bonds. The molecule has 10 heteroatoms. The summed E-state index contributed by atoms with van der Waals surface area (Å²) in [5.74, 6) is -1.93. The van der Waals surface area contributed by atoms with E-state index in [-0.39, 0.29) is 18.3 Å². The summed E-state index contributed by atoms with van der Waals surface area (Å²) in [4.78, 5) is 30.2. The van der Waals surface area contributed by atoms with Gasteiger partial charge in [0.25, 0.3) is 11.8 Å². The molecule has 0 aliphatic carbocycles. The Bertz CT molecular complexity index is 1410. The Hall–Kier alpha value is -3.63. The van der Waals surface area contributed by atoms with E-state index in [1.807, 2.05) is 19.1 Å². The standard InChI is InChI=1S/C26H20BrF2N3O3S/c1-15-10-17(25(33)31-14-20-6-8-22(27)36-20)12-19(11-15)35-23-9-7-21(29)24(32-23)26(34)30-13-16-2-4-18(28)5-3-16/h2-12H,13-14H2,1H3,(H,30,34)(H,31,33). The van der Waals surface area contributed by atoms with E-state index in [2.05, 4.69) is 31.5 Å². The number of hydrogen-bond donors (Lipinski definition) is 2. The van der Waals surface area contributed by atoms with Gasteiger partial charge in [0, 0.05) is 23.1 Å². The molecule has 2 N–H and O–H groups in total. The molecule has 0 fully saturated rings. The number of pyridine rings is 1. The second kappa shape index (κ2) is 11.4. The molecule has 4 rings (SSSR count). The minimum absolute atomic E-state index is 0.0104. The fourth-order valence-electron chi connectivity index (χ4n) is 3.28. The predicted octanol–water partition coefficient (Wildman–Crippen LogP) is 6.14. The quantitative estimate of drug-likeness (QED) is 0.266. The SMILES string of the molecule is Cc1cc(Oc2ccc(F)c(C(=O)NCc3ccc(F)cc3)n2)cc(C(=O)NCc2ccc(Br)s2)c1. The van der Waals surface area contributed by atoms with Crippen molar-refractivity contribution < 1.29 is 23.1 Å². The summed E-state index contributed by atoms with van der Waals surface area (Å²) in [6.07, 6.45) is 0. The number of carbonyl (C=O) groups excluding carboxylic acids is 2. The summed E-state index contributed by atoms with van der Waals surface area (Å²) in [5.41, 5.74) is 1.37. The van der Waals surface area contributed by atoms with Gasteiger partial charge in [0.05, 0.1) is 10.3 Å². The highest BCUT2D eigenvalue weighted by Gasteiger charge is 2.16. The van der Waals surface area contributed by atoms with Crippen molar-refractivity contribution in [3.8, 4) is 11.6 Å². The van der Waals surface area contributed by atoms with Crippen molar-refractivity contribution in [1.29, 1.82) is 0 Å². The summed E-state index contributed by atoms with van der Waals surface area (Å²) in [5, 5.41) is 5.42. The number of halogens is 3. The minimum atomic E-state index is -0.816. The third kappa shape index (κ3) is 6.73. The number of aryl methyl sites for hydroxylation is 1. The van der Waals surface area contributed by atoms with Crippen LogP contribution >= 0.6 is 27.3 Å². The molecule has 2 aromatic heterocycles. The zero-order valence-corrected chi connectivity index (χ0v) is 21.4. The molecule has 0 aliphatic rings. The zero-order valence-electron chi connectivity index (χ0n) is 19.0. The van der Waals surface area contributed by atoms with Crippen LogP contribution in [0.2, 0.25) is 0 Å². The Balaban J connectivity index is 1.44.